The van der Waals surface area contributed by atoms with Crippen molar-refractivity contribution in [3.05, 3.63) is 82.9 Å². The average molecular weight is 559 g/mol. The number of aromatic hydroxyl groups is 4. The van der Waals surface area contributed by atoms with Gasteiger partial charge in [-0.05, 0) is 48.2 Å². The van der Waals surface area contributed by atoms with E-state index in [-0.39, 0.29) is 57.8 Å². The lowest BCUT2D eigenvalue weighted by Crippen LogP contribution is -2.20. The highest BCUT2D eigenvalue weighted by Crippen LogP contribution is 2.50. The van der Waals surface area contributed by atoms with E-state index in [1.807, 2.05) is 24.3 Å². The van der Waals surface area contributed by atoms with Crippen LogP contribution in [0.1, 0.15) is 34.1 Å². The summed E-state index contributed by atoms with van der Waals surface area (Å²) in [6.45, 7) is 0.699. The van der Waals surface area contributed by atoms with Crippen LogP contribution in [0.5, 0.6) is 57.5 Å². The first-order chi connectivity index (χ1) is 19.9. The third-order valence-electron chi connectivity index (χ3n) is 7.67. The monoisotopic (exact) mass is 558 g/mol. The number of hydrogen-bond donors (Lipinski definition) is 4. The molecule has 0 radical (unpaired) electrons. The summed E-state index contributed by atoms with van der Waals surface area (Å²) in [7, 11) is 2.94. The lowest BCUT2D eigenvalue weighted by Gasteiger charge is -2.28. The van der Waals surface area contributed by atoms with Crippen LogP contribution < -0.4 is 23.7 Å². The lowest BCUT2D eigenvalue weighted by molar-refractivity contribution is 0.255. The van der Waals surface area contributed by atoms with Gasteiger partial charge in [0.2, 0.25) is 11.5 Å². The van der Waals surface area contributed by atoms with E-state index in [0.29, 0.717) is 37.6 Å². The van der Waals surface area contributed by atoms with Crippen LogP contribution in [-0.4, -0.2) is 47.9 Å². The summed E-state index contributed by atoms with van der Waals surface area (Å²) in [4.78, 5) is 0. The van der Waals surface area contributed by atoms with Crippen LogP contribution in [0, 0.1) is 0 Å². The fourth-order valence-electron chi connectivity index (χ4n) is 5.61. The summed E-state index contributed by atoms with van der Waals surface area (Å²) >= 11 is 0. The van der Waals surface area contributed by atoms with Crippen LogP contribution in [0.4, 0.5) is 0 Å². The molecule has 4 aromatic rings. The third-order valence-corrected chi connectivity index (χ3v) is 7.67. The molecular weight excluding hydrogens is 528 g/mol. The fourth-order valence-corrected chi connectivity index (χ4v) is 5.61. The zero-order valence-corrected chi connectivity index (χ0v) is 22.6. The molecule has 0 aliphatic carbocycles. The number of phenolic OH excluding ortho intramolecular Hbond substituents is 4. The van der Waals surface area contributed by atoms with Gasteiger partial charge in [-0.1, -0.05) is 24.3 Å². The first-order valence-corrected chi connectivity index (χ1v) is 13.2. The topological polar surface area (TPSA) is 127 Å². The summed E-state index contributed by atoms with van der Waals surface area (Å²) in [5, 5.41) is 41.7. The van der Waals surface area contributed by atoms with Gasteiger partial charge in [-0.2, -0.15) is 0 Å². The molecule has 0 fully saturated rings. The summed E-state index contributed by atoms with van der Waals surface area (Å²) in [5.41, 5.74) is 3.39. The van der Waals surface area contributed by atoms with Crippen molar-refractivity contribution in [3.63, 3.8) is 0 Å². The maximum absolute atomic E-state index is 11.1. The third kappa shape index (κ3) is 4.84. The number of ether oxygens (including phenoxy) is 5. The Morgan fingerprint density at radius 2 is 1.05 bits per heavy atom. The largest absolute Gasteiger partial charge is 0.508 e. The predicted molar refractivity (Wildman–Crippen MR) is 149 cm³/mol. The Labute approximate surface area is 236 Å². The van der Waals surface area contributed by atoms with E-state index in [1.54, 1.807) is 36.4 Å². The van der Waals surface area contributed by atoms with Crippen molar-refractivity contribution in [1.29, 1.82) is 0 Å². The minimum Gasteiger partial charge on any atom is -0.508 e. The second-order valence-electron chi connectivity index (χ2n) is 10.2. The van der Waals surface area contributed by atoms with E-state index in [0.717, 1.165) is 22.3 Å². The Hall–Kier alpha value is -4.92. The number of benzene rings is 4. The number of phenols is 4. The Kier molecular flexibility index (Phi) is 6.78. The van der Waals surface area contributed by atoms with Gasteiger partial charge in [-0.15, -0.1) is 0 Å². The molecule has 0 spiro atoms. The first kappa shape index (κ1) is 26.3. The molecule has 2 atom stereocenters. The van der Waals surface area contributed by atoms with Crippen molar-refractivity contribution in [2.45, 2.75) is 24.7 Å². The van der Waals surface area contributed by atoms with Gasteiger partial charge in [-0.3, -0.25) is 0 Å². The Balaban J connectivity index is 1.26. The van der Waals surface area contributed by atoms with Crippen molar-refractivity contribution in [2.75, 3.05) is 27.4 Å². The number of fused-ring (bicyclic) bond motifs is 2. The SMILES string of the molecule is COc1c([C@@H]2COc3cc(O)ccc3C2)ccc(Oc2ccc([C@@H]3COc4cc(O)ccc4C3)c(OC)c2O)c1O. The molecule has 9 heteroatoms. The molecule has 0 unspecified atom stereocenters. The van der Waals surface area contributed by atoms with Gasteiger partial charge in [0.25, 0.3) is 0 Å². The Bertz CT molecular complexity index is 1490. The number of rotatable bonds is 6. The second kappa shape index (κ2) is 10.6. The standard InChI is InChI=1S/C32H30O9/c1-37-31-23(19-11-17-3-5-21(33)13-27(17)39-15-19)7-9-25(29(31)35)41-26-10-8-24(32(38-2)30(26)36)20-12-18-4-6-22(34)14-28(18)40-16-20/h3-10,13-14,19-20,33-36H,11-12,15-16H2,1-2H3/t19-,20-/m0/s1. The first-order valence-electron chi connectivity index (χ1n) is 13.2. The molecule has 4 aromatic carbocycles. The molecule has 9 nitrogen and oxygen atoms in total. The van der Waals surface area contributed by atoms with Crippen LogP contribution >= 0.6 is 0 Å². The van der Waals surface area contributed by atoms with Crippen molar-refractivity contribution in [2.24, 2.45) is 0 Å². The zero-order valence-electron chi connectivity index (χ0n) is 22.6. The van der Waals surface area contributed by atoms with Crippen molar-refractivity contribution in [1.82, 2.24) is 0 Å². The summed E-state index contributed by atoms with van der Waals surface area (Å²) < 4.78 is 28.9. The molecule has 0 saturated carbocycles. The molecule has 2 heterocycles. The van der Waals surface area contributed by atoms with Gasteiger partial charge in [-0.25, -0.2) is 0 Å². The summed E-state index contributed by atoms with van der Waals surface area (Å²) in [5.74, 6) is 1.69. The maximum Gasteiger partial charge on any atom is 0.201 e. The van der Waals surface area contributed by atoms with Gasteiger partial charge in [0, 0.05) is 35.1 Å². The molecule has 0 saturated heterocycles. The van der Waals surface area contributed by atoms with Crippen molar-refractivity contribution >= 4 is 0 Å². The number of hydrogen-bond acceptors (Lipinski definition) is 9. The average Bonchev–Trinajstić information content (AvgIpc) is 2.98. The molecule has 6 rings (SSSR count). The lowest BCUT2D eigenvalue weighted by atomic mass is 9.89. The molecule has 0 bridgehead atoms. The van der Waals surface area contributed by atoms with Crippen LogP contribution in [-0.2, 0) is 12.8 Å². The van der Waals surface area contributed by atoms with Gasteiger partial charge in [0.1, 0.15) is 23.0 Å². The van der Waals surface area contributed by atoms with E-state index in [9.17, 15) is 20.4 Å². The maximum atomic E-state index is 11.1. The highest BCUT2D eigenvalue weighted by molar-refractivity contribution is 5.61. The van der Waals surface area contributed by atoms with E-state index < -0.39 is 0 Å². The van der Waals surface area contributed by atoms with E-state index >= 15 is 0 Å². The second-order valence-corrected chi connectivity index (χ2v) is 10.2. The van der Waals surface area contributed by atoms with Gasteiger partial charge >= 0.3 is 0 Å². The minimum atomic E-state index is -0.204. The molecule has 212 valence electrons. The quantitative estimate of drug-likeness (QED) is 0.234. The highest BCUT2D eigenvalue weighted by Gasteiger charge is 2.29. The summed E-state index contributed by atoms with van der Waals surface area (Å²) in [6.07, 6.45) is 1.28. The van der Waals surface area contributed by atoms with E-state index in [1.165, 1.54) is 14.2 Å². The van der Waals surface area contributed by atoms with E-state index in [4.69, 9.17) is 23.7 Å². The molecule has 0 aromatic heterocycles. The predicted octanol–water partition coefficient (Wildman–Crippen LogP) is 5.76. The molecule has 0 amide bonds. The van der Waals surface area contributed by atoms with Gasteiger partial charge in [0.05, 0.1) is 27.4 Å². The van der Waals surface area contributed by atoms with Crippen molar-refractivity contribution in [3.8, 4) is 57.5 Å². The summed E-state index contributed by atoms with van der Waals surface area (Å²) in [6, 6.07) is 16.9. The van der Waals surface area contributed by atoms with Crippen LogP contribution in [0.3, 0.4) is 0 Å². The minimum absolute atomic E-state index is 0.0958. The van der Waals surface area contributed by atoms with Crippen LogP contribution in [0.2, 0.25) is 0 Å². The smallest absolute Gasteiger partial charge is 0.201 e. The highest BCUT2D eigenvalue weighted by atomic mass is 16.5. The molecule has 2 aliphatic rings. The molecule has 4 N–H and O–H groups in total. The number of methoxy groups -OCH3 is 2. The Morgan fingerprint density at radius 1 is 0.610 bits per heavy atom. The molecule has 2 aliphatic heterocycles. The van der Waals surface area contributed by atoms with Crippen LogP contribution in [0.15, 0.2) is 60.7 Å². The van der Waals surface area contributed by atoms with Gasteiger partial charge < -0.3 is 44.1 Å². The fraction of sp³-hybridized carbons (Fsp3) is 0.250. The molecule has 41 heavy (non-hydrogen) atoms. The van der Waals surface area contributed by atoms with E-state index in [2.05, 4.69) is 0 Å². The molecular formula is C32H30O9. The Morgan fingerprint density at radius 3 is 1.46 bits per heavy atom. The zero-order chi connectivity index (χ0) is 28.7. The van der Waals surface area contributed by atoms with Crippen LogP contribution in [0.25, 0.3) is 0 Å². The normalized spacial score (nSPS) is 17.4. The van der Waals surface area contributed by atoms with Crippen molar-refractivity contribution < 1.29 is 44.1 Å². The van der Waals surface area contributed by atoms with Gasteiger partial charge in [0.15, 0.2) is 23.0 Å².